The van der Waals surface area contributed by atoms with Gasteiger partial charge in [0.2, 0.25) is 5.95 Å². The van der Waals surface area contributed by atoms with Crippen molar-refractivity contribution in [2.75, 3.05) is 5.73 Å². The van der Waals surface area contributed by atoms with Crippen molar-refractivity contribution < 1.29 is 4.39 Å². The summed E-state index contributed by atoms with van der Waals surface area (Å²) in [5.74, 6) is -0.369. The van der Waals surface area contributed by atoms with Crippen molar-refractivity contribution in [2.24, 2.45) is 0 Å². The molecule has 6 heteroatoms. The highest BCUT2D eigenvalue weighted by atomic mass is 19.1. The molecule has 0 radical (unpaired) electrons. The van der Waals surface area contributed by atoms with E-state index in [1.807, 2.05) is 12.1 Å². The van der Waals surface area contributed by atoms with Crippen LogP contribution in [0.25, 0.3) is 16.7 Å². The van der Waals surface area contributed by atoms with Crippen LogP contribution < -0.4 is 5.73 Å². The Kier molecular flexibility index (Phi) is 2.78. The monoisotopic (exact) mass is 277 g/mol. The lowest BCUT2D eigenvalue weighted by molar-refractivity contribution is 0.627. The number of halogens is 1. The highest BCUT2D eigenvalue weighted by Gasteiger charge is 2.15. The Labute approximate surface area is 119 Å². The van der Waals surface area contributed by atoms with Gasteiger partial charge in [-0.25, -0.2) is 9.37 Å². The summed E-state index contributed by atoms with van der Waals surface area (Å²) in [7, 11) is 0. The third kappa shape index (κ3) is 1.87. The van der Waals surface area contributed by atoms with Gasteiger partial charge in [-0.3, -0.25) is 4.57 Å². The van der Waals surface area contributed by atoms with Gasteiger partial charge in [-0.05, 0) is 30.3 Å². The van der Waals surface area contributed by atoms with Crippen molar-refractivity contribution in [1.82, 2.24) is 9.55 Å². The maximum atomic E-state index is 13.3. The van der Waals surface area contributed by atoms with Gasteiger partial charge in [-0.1, -0.05) is 6.07 Å². The first-order valence-corrected chi connectivity index (χ1v) is 6.02. The van der Waals surface area contributed by atoms with E-state index in [0.717, 1.165) is 6.07 Å². The van der Waals surface area contributed by atoms with Crippen LogP contribution in [0.4, 0.5) is 10.3 Å². The number of nitrogens with zero attached hydrogens (tertiary/aromatic N) is 4. The molecule has 0 saturated carbocycles. The molecule has 3 aromatic rings. The average molecular weight is 277 g/mol. The molecule has 0 aliphatic rings. The highest BCUT2D eigenvalue weighted by molar-refractivity contribution is 5.86. The molecular formula is C15H8FN5. The molecule has 2 aromatic carbocycles. The van der Waals surface area contributed by atoms with E-state index in [4.69, 9.17) is 16.3 Å². The fraction of sp³-hybridized carbons (Fsp3) is 0. The van der Waals surface area contributed by atoms with Crippen molar-refractivity contribution in [1.29, 1.82) is 10.5 Å². The Morgan fingerprint density at radius 2 is 1.86 bits per heavy atom. The molecular weight excluding hydrogens is 269 g/mol. The third-order valence-electron chi connectivity index (χ3n) is 3.15. The van der Waals surface area contributed by atoms with Crippen LogP contribution in [-0.2, 0) is 0 Å². The van der Waals surface area contributed by atoms with E-state index in [9.17, 15) is 4.39 Å². The summed E-state index contributed by atoms with van der Waals surface area (Å²) in [6.07, 6.45) is 0. The van der Waals surface area contributed by atoms with Crippen molar-refractivity contribution >= 4 is 17.0 Å². The number of hydrogen-bond donors (Lipinski definition) is 1. The van der Waals surface area contributed by atoms with E-state index < -0.39 is 5.82 Å². The Hall–Kier alpha value is -3.38. The first-order chi connectivity index (χ1) is 10.2. The molecule has 0 aliphatic heterocycles. The summed E-state index contributed by atoms with van der Waals surface area (Å²) in [6, 6.07) is 12.9. The number of rotatable bonds is 1. The Morgan fingerprint density at radius 1 is 1.10 bits per heavy atom. The van der Waals surface area contributed by atoms with Gasteiger partial charge in [0.05, 0.1) is 22.3 Å². The molecule has 0 fully saturated rings. The van der Waals surface area contributed by atoms with Crippen molar-refractivity contribution in [3.8, 4) is 17.8 Å². The molecule has 0 spiro atoms. The van der Waals surface area contributed by atoms with E-state index in [1.165, 1.54) is 16.7 Å². The van der Waals surface area contributed by atoms with Crippen molar-refractivity contribution in [3.63, 3.8) is 0 Å². The van der Waals surface area contributed by atoms with Crippen LogP contribution in [0.15, 0.2) is 36.4 Å². The number of para-hydroxylation sites is 1. The first kappa shape index (κ1) is 12.6. The molecule has 5 nitrogen and oxygen atoms in total. The van der Waals surface area contributed by atoms with E-state index in [1.54, 1.807) is 18.2 Å². The van der Waals surface area contributed by atoms with Crippen molar-refractivity contribution in [2.45, 2.75) is 0 Å². The van der Waals surface area contributed by atoms with Gasteiger partial charge in [0.15, 0.2) is 0 Å². The number of nitrogens with two attached hydrogens (primary N) is 1. The second kappa shape index (κ2) is 4.62. The quantitative estimate of drug-likeness (QED) is 0.739. The Morgan fingerprint density at radius 3 is 2.57 bits per heavy atom. The molecule has 0 aliphatic carbocycles. The SMILES string of the molecule is N#Cc1cc(F)ccc1-n1c(N)nc2c(C#N)cccc21. The first-order valence-electron chi connectivity index (χ1n) is 6.02. The van der Waals surface area contributed by atoms with E-state index in [-0.39, 0.29) is 11.5 Å². The zero-order valence-corrected chi connectivity index (χ0v) is 10.7. The number of benzene rings is 2. The predicted octanol–water partition coefficient (Wildman–Crippen LogP) is 2.49. The number of fused-ring (bicyclic) bond motifs is 1. The predicted molar refractivity (Wildman–Crippen MR) is 74.9 cm³/mol. The standard InChI is InChI=1S/C15H8FN5/c16-11-4-5-12(10(6-11)8-18)21-13-3-1-2-9(7-17)14(13)20-15(21)19/h1-6H,(H2,19,20). The smallest absolute Gasteiger partial charge is 0.206 e. The van der Waals surface area contributed by atoms with E-state index >= 15 is 0 Å². The number of anilines is 1. The molecule has 1 aromatic heterocycles. The van der Waals surface area contributed by atoms with Gasteiger partial charge in [0.1, 0.15) is 23.5 Å². The van der Waals surface area contributed by atoms with Gasteiger partial charge in [-0.15, -0.1) is 0 Å². The summed E-state index contributed by atoms with van der Waals surface area (Å²) in [5.41, 5.74) is 7.91. The van der Waals surface area contributed by atoms with Gasteiger partial charge < -0.3 is 5.73 Å². The van der Waals surface area contributed by atoms with Gasteiger partial charge in [0.25, 0.3) is 0 Å². The number of hydrogen-bond acceptors (Lipinski definition) is 4. The lowest BCUT2D eigenvalue weighted by atomic mass is 10.1. The normalized spacial score (nSPS) is 10.2. The molecule has 1 heterocycles. The molecule has 2 N–H and O–H groups in total. The summed E-state index contributed by atoms with van der Waals surface area (Å²) in [4.78, 5) is 4.17. The van der Waals surface area contributed by atoms with Gasteiger partial charge in [0, 0.05) is 0 Å². The highest BCUT2D eigenvalue weighted by Crippen LogP contribution is 2.27. The minimum Gasteiger partial charge on any atom is -0.369 e. The summed E-state index contributed by atoms with van der Waals surface area (Å²) < 4.78 is 14.8. The number of imidazole rings is 1. The molecule has 0 amide bonds. The molecule has 21 heavy (non-hydrogen) atoms. The van der Waals surface area contributed by atoms with Crippen LogP contribution in [0.3, 0.4) is 0 Å². The lowest BCUT2D eigenvalue weighted by Crippen LogP contribution is -2.03. The molecule has 0 atom stereocenters. The van der Waals surface area contributed by atoms with Crippen LogP contribution in [-0.4, -0.2) is 9.55 Å². The number of nitriles is 2. The van der Waals surface area contributed by atoms with E-state index in [2.05, 4.69) is 4.98 Å². The fourth-order valence-corrected chi connectivity index (χ4v) is 2.25. The van der Waals surface area contributed by atoms with Crippen LogP contribution in [0.1, 0.15) is 11.1 Å². The summed E-state index contributed by atoms with van der Waals surface area (Å²) >= 11 is 0. The molecule has 0 bridgehead atoms. The van der Waals surface area contributed by atoms with E-state index in [0.29, 0.717) is 22.3 Å². The Bertz CT molecular complexity index is 943. The molecule has 3 rings (SSSR count). The maximum absolute atomic E-state index is 13.3. The fourth-order valence-electron chi connectivity index (χ4n) is 2.25. The summed E-state index contributed by atoms with van der Waals surface area (Å²) in [5, 5.41) is 18.3. The van der Waals surface area contributed by atoms with Crippen LogP contribution in [0, 0.1) is 28.5 Å². The zero-order valence-electron chi connectivity index (χ0n) is 10.7. The molecule has 0 saturated heterocycles. The third-order valence-corrected chi connectivity index (χ3v) is 3.15. The number of nitrogen functional groups attached to an aromatic ring is 1. The lowest BCUT2D eigenvalue weighted by Gasteiger charge is -2.08. The van der Waals surface area contributed by atoms with Crippen LogP contribution in [0.2, 0.25) is 0 Å². The largest absolute Gasteiger partial charge is 0.369 e. The van der Waals surface area contributed by atoms with Crippen LogP contribution in [0.5, 0.6) is 0 Å². The molecule has 100 valence electrons. The minimum atomic E-state index is -0.504. The number of aromatic nitrogens is 2. The van der Waals surface area contributed by atoms with Gasteiger partial charge >= 0.3 is 0 Å². The van der Waals surface area contributed by atoms with Crippen molar-refractivity contribution in [3.05, 3.63) is 53.3 Å². The Balaban J connectivity index is 2.40. The average Bonchev–Trinajstić information content (AvgIpc) is 2.83. The second-order valence-corrected chi connectivity index (χ2v) is 4.36. The summed E-state index contributed by atoms with van der Waals surface area (Å²) in [6.45, 7) is 0. The maximum Gasteiger partial charge on any atom is 0.206 e. The topological polar surface area (TPSA) is 91.4 Å². The van der Waals surface area contributed by atoms with Gasteiger partial charge in [-0.2, -0.15) is 10.5 Å². The second-order valence-electron chi connectivity index (χ2n) is 4.36. The molecule has 0 unspecified atom stereocenters. The minimum absolute atomic E-state index is 0.135. The zero-order chi connectivity index (χ0) is 15.0. The van der Waals surface area contributed by atoms with Crippen LogP contribution >= 0.6 is 0 Å².